The molecule has 0 heterocycles. The summed E-state index contributed by atoms with van der Waals surface area (Å²) in [5, 5.41) is 14.5. The van der Waals surface area contributed by atoms with E-state index in [2.05, 4.69) is 22.8 Å². The van der Waals surface area contributed by atoms with Gasteiger partial charge in [0.15, 0.2) is 0 Å². The number of nitrogens with one attached hydrogen (secondary N) is 2. The molecule has 0 bridgehead atoms. The van der Waals surface area contributed by atoms with Crippen LogP contribution in [0.2, 0.25) is 0 Å². The monoisotopic (exact) mass is 452 g/mol. The van der Waals surface area contributed by atoms with Crippen LogP contribution in [0.15, 0.2) is 48.5 Å². The lowest BCUT2D eigenvalue weighted by Crippen LogP contribution is -2.51. The summed E-state index contributed by atoms with van der Waals surface area (Å²) in [5.74, 6) is -1.66. The van der Waals surface area contributed by atoms with Gasteiger partial charge in [0.1, 0.15) is 18.7 Å². The Morgan fingerprint density at radius 1 is 0.879 bits per heavy atom. The molecule has 2 aromatic carbocycles. The normalized spacial score (nSPS) is 14.0. The summed E-state index contributed by atoms with van der Waals surface area (Å²) in [6, 6.07) is 14.3. The second-order valence-corrected chi connectivity index (χ2v) is 8.35. The van der Waals surface area contributed by atoms with Crippen molar-refractivity contribution in [3.05, 3.63) is 59.7 Å². The number of rotatable bonds is 11. The number of carbonyl (C=O) groups excluding carboxylic acids is 2. The van der Waals surface area contributed by atoms with Gasteiger partial charge in [-0.25, -0.2) is 9.59 Å². The van der Waals surface area contributed by atoms with Gasteiger partial charge < -0.3 is 20.5 Å². The Balaban J connectivity index is 1.65. The zero-order chi connectivity index (χ0) is 23.8. The number of amides is 2. The maximum atomic E-state index is 12.7. The second-order valence-electron chi connectivity index (χ2n) is 8.35. The van der Waals surface area contributed by atoms with Gasteiger partial charge in [-0.2, -0.15) is 0 Å². The molecule has 3 N–H and O–H groups in total. The summed E-state index contributed by atoms with van der Waals surface area (Å²) >= 11 is 0. The lowest BCUT2D eigenvalue weighted by atomic mass is 9.98. The van der Waals surface area contributed by atoms with Gasteiger partial charge in [0, 0.05) is 5.92 Å². The number of carboxylic acids is 1. The van der Waals surface area contributed by atoms with Crippen molar-refractivity contribution in [3.8, 4) is 11.1 Å². The van der Waals surface area contributed by atoms with Crippen LogP contribution in [-0.2, 0) is 14.3 Å². The highest BCUT2D eigenvalue weighted by atomic mass is 16.5. The third kappa shape index (κ3) is 5.92. The van der Waals surface area contributed by atoms with Crippen molar-refractivity contribution in [3.63, 3.8) is 0 Å². The first-order valence-corrected chi connectivity index (χ1v) is 11.6. The van der Waals surface area contributed by atoms with E-state index < -0.39 is 30.1 Å². The molecule has 7 heteroatoms. The lowest BCUT2D eigenvalue weighted by Gasteiger charge is -2.21. The Labute approximate surface area is 194 Å². The number of benzene rings is 2. The van der Waals surface area contributed by atoms with E-state index in [1.54, 1.807) is 0 Å². The average molecular weight is 453 g/mol. The molecule has 2 atom stereocenters. The molecule has 0 aliphatic heterocycles. The SMILES string of the molecule is CCCC[C@H](NC(=O)OCC1c2ccccc2-c2ccccc21)C(=O)NC(CCC)C(=O)O. The van der Waals surface area contributed by atoms with Crippen LogP contribution in [0.4, 0.5) is 4.79 Å². The molecule has 2 amide bonds. The van der Waals surface area contributed by atoms with Gasteiger partial charge in [-0.3, -0.25) is 4.79 Å². The summed E-state index contributed by atoms with van der Waals surface area (Å²) in [7, 11) is 0. The van der Waals surface area contributed by atoms with Gasteiger partial charge in [0.05, 0.1) is 0 Å². The molecule has 0 saturated heterocycles. The van der Waals surface area contributed by atoms with Crippen LogP contribution in [0.3, 0.4) is 0 Å². The Morgan fingerprint density at radius 2 is 1.48 bits per heavy atom. The molecule has 0 spiro atoms. The Kier molecular flexibility index (Phi) is 8.46. The minimum absolute atomic E-state index is 0.0768. The molecular formula is C26H32N2O5. The molecular weight excluding hydrogens is 420 g/mol. The third-order valence-electron chi connectivity index (χ3n) is 5.99. The predicted octanol–water partition coefficient (Wildman–Crippen LogP) is 4.45. The minimum Gasteiger partial charge on any atom is -0.480 e. The van der Waals surface area contributed by atoms with Crippen molar-refractivity contribution >= 4 is 18.0 Å². The number of aliphatic carboxylic acids is 1. The van der Waals surface area contributed by atoms with Crippen LogP contribution >= 0.6 is 0 Å². The van der Waals surface area contributed by atoms with Crippen LogP contribution < -0.4 is 10.6 Å². The predicted molar refractivity (Wildman–Crippen MR) is 126 cm³/mol. The largest absolute Gasteiger partial charge is 0.480 e. The molecule has 2 aromatic rings. The van der Waals surface area contributed by atoms with Gasteiger partial charge in [-0.05, 0) is 35.1 Å². The lowest BCUT2D eigenvalue weighted by molar-refractivity contribution is -0.142. The van der Waals surface area contributed by atoms with E-state index in [4.69, 9.17) is 4.74 Å². The number of unbranched alkanes of at least 4 members (excludes halogenated alkanes) is 1. The number of hydrogen-bond acceptors (Lipinski definition) is 4. The zero-order valence-electron chi connectivity index (χ0n) is 19.2. The molecule has 0 fully saturated rings. The van der Waals surface area contributed by atoms with Crippen LogP contribution in [0.25, 0.3) is 11.1 Å². The van der Waals surface area contributed by atoms with Crippen molar-refractivity contribution in [2.24, 2.45) is 0 Å². The van der Waals surface area contributed by atoms with Crippen molar-refractivity contribution in [2.75, 3.05) is 6.61 Å². The maximum absolute atomic E-state index is 12.7. The zero-order valence-corrected chi connectivity index (χ0v) is 19.2. The van der Waals surface area contributed by atoms with E-state index in [0.29, 0.717) is 25.7 Å². The molecule has 0 saturated carbocycles. The van der Waals surface area contributed by atoms with E-state index in [9.17, 15) is 19.5 Å². The first kappa shape index (κ1) is 24.3. The highest BCUT2D eigenvalue weighted by Gasteiger charge is 2.30. The maximum Gasteiger partial charge on any atom is 0.407 e. The van der Waals surface area contributed by atoms with Crippen LogP contribution in [0.1, 0.15) is 63.0 Å². The number of carboxylic acid groups (broad SMARTS) is 1. The molecule has 1 unspecified atom stereocenters. The summed E-state index contributed by atoms with van der Waals surface area (Å²) < 4.78 is 5.55. The van der Waals surface area contributed by atoms with E-state index in [1.807, 2.05) is 50.2 Å². The first-order chi connectivity index (χ1) is 16.0. The van der Waals surface area contributed by atoms with Crippen LogP contribution in [-0.4, -0.2) is 41.8 Å². The number of carbonyl (C=O) groups is 3. The standard InChI is InChI=1S/C26H32N2O5/c1-3-5-15-22(24(29)27-23(10-4-2)25(30)31)28-26(32)33-16-21-19-13-8-6-11-17(19)18-12-7-9-14-20(18)21/h6-9,11-14,21-23H,3-5,10,15-16H2,1-2H3,(H,27,29)(H,28,32)(H,30,31)/t22-,23?/m0/s1. The van der Waals surface area contributed by atoms with Gasteiger partial charge >= 0.3 is 12.1 Å². The number of hydrogen-bond donors (Lipinski definition) is 3. The van der Waals surface area contributed by atoms with E-state index in [-0.39, 0.29) is 12.5 Å². The molecule has 1 aliphatic carbocycles. The van der Waals surface area contributed by atoms with Crippen molar-refractivity contribution in [1.29, 1.82) is 0 Å². The summed E-state index contributed by atoms with van der Waals surface area (Å²) in [5.41, 5.74) is 4.49. The summed E-state index contributed by atoms with van der Waals surface area (Å²) in [4.78, 5) is 36.7. The summed E-state index contributed by atoms with van der Waals surface area (Å²) in [6.07, 6.45) is 2.23. The molecule has 1 aliphatic rings. The topological polar surface area (TPSA) is 105 Å². The molecule has 0 aromatic heterocycles. The van der Waals surface area contributed by atoms with E-state index >= 15 is 0 Å². The highest BCUT2D eigenvalue weighted by molar-refractivity contribution is 5.89. The number of fused-ring (bicyclic) bond motifs is 3. The van der Waals surface area contributed by atoms with E-state index in [0.717, 1.165) is 28.7 Å². The molecule has 0 radical (unpaired) electrons. The quantitative estimate of drug-likeness (QED) is 0.467. The number of alkyl carbamates (subject to hydrolysis) is 1. The Bertz CT molecular complexity index is 945. The van der Waals surface area contributed by atoms with Gasteiger partial charge in [0.2, 0.25) is 5.91 Å². The minimum atomic E-state index is -1.08. The average Bonchev–Trinajstić information content (AvgIpc) is 3.13. The van der Waals surface area contributed by atoms with Crippen LogP contribution in [0, 0.1) is 0 Å². The van der Waals surface area contributed by atoms with E-state index in [1.165, 1.54) is 0 Å². The molecule has 176 valence electrons. The van der Waals surface area contributed by atoms with Gasteiger partial charge in [-0.15, -0.1) is 0 Å². The second kappa shape index (κ2) is 11.5. The smallest absolute Gasteiger partial charge is 0.407 e. The first-order valence-electron chi connectivity index (χ1n) is 11.6. The van der Waals surface area contributed by atoms with Gasteiger partial charge in [0.25, 0.3) is 0 Å². The van der Waals surface area contributed by atoms with Crippen molar-refractivity contribution < 1.29 is 24.2 Å². The number of ether oxygens (including phenoxy) is 1. The molecule has 7 nitrogen and oxygen atoms in total. The van der Waals surface area contributed by atoms with Crippen molar-refractivity contribution in [1.82, 2.24) is 10.6 Å². The Hall–Kier alpha value is -3.35. The fourth-order valence-corrected chi connectivity index (χ4v) is 4.28. The molecule has 33 heavy (non-hydrogen) atoms. The molecule has 3 rings (SSSR count). The fraction of sp³-hybridized carbons (Fsp3) is 0.423. The highest BCUT2D eigenvalue weighted by Crippen LogP contribution is 2.44. The van der Waals surface area contributed by atoms with Gasteiger partial charge in [-0.1, -0.05) is 81.6 Å². The van der Waals surface area contributed by atoms with Crippen LogP contribution in [0.5, 0.6) is 0 Å². The Morgan fingerprint density at radius 3 is 2.03 bits per heavy atom. The fourth-order valence-electron chi connectivity index (χ4n) is 4.28. The summed E-state index contributed by atoms with van der Waals surface area (Å²) in [6.45, 7) is 3.99. The third-order valence-corrected chi connectivity index (χ3v) is 5.99. The van der Waals surface area contributed by atoms with Crippen molar-refractivity contribution in [2.45, 2.75) is 64.0 Å².